The zero-order valence-corrected chi connectivity index (χ0v) is 21.6. The third-order valence-corrected chi connectivity index (χ3v) is 8.15. The molecule has 0 spiro atoms. The van der Waals surface area contributed by atoms with Gasteiger partial charge in [0.1, 0.15) is 12.4 Å². The smallest absolute Gasteiger partial charge is 0.325 e. The Bertz CT molecular complexity index is 1390. The van der Waals surface area contributed by atoms with E-state index in [1.807, 2.05) is 0 Å². The lowest BCUT2D eigenvalue weighted by Gasteiger charge is -2.21. The highest BCUT2D eigenvalue weighted by Crippen LogP contribution is 2.21. The van der Waals surface area contributed by atoms with E-state index in [1.54, 1.807) is 6.07 Å². The highest BCUT2D eigenvalue weighted by Gasteiger charge is 2.24. The number of thiazole rings is 1. The predicted octanol–water partition coefficient (Wildman–Crippen LogP) is 2.04. The Balaban J connectivity index is 1.95. The highest BCUT2D eigenvalue weighted by atomic mass is 32.2. The van der Waals surface area contributed by atoms with Crippen LogP contribution in [0.4, 0.5) is 4.39 Å². The molecule has 0 bridgehead atoms. The molecule has 0 saturated carbocycles. The van der Waals surface area contributed by atoms with Gasteiger partial charge in [-0.25, -0.2) is 12.8 Å². The van der Waals surface area contributed by atoms with Crippen LogP contribution < -0.4 is 4.80 Å². The van der Waals surface area contributed by atoms with Crippen molar-refractivity contribution in [2.75, 3.05) is 47.6 Å². The van der Waals surface area contributed by atoms with Crippen molar-refractivity contribution < 1.29 is 36.6 Å². The zero-order valence-electron chi connectivity index (χ0n) is 20.0. The summed E-state index contributed by atoms with van der Waals surface area (Å²) in [5, 5.41) is 0. The van der Waals surface area contributed by atoms with E-state index in [0.717, 1.165) is 11.3 Å². The van der Waals surface area contributed by atoms with Crippen LogP contribution >= 0.6 is 11.3 Å². The minimum Gasteiger partial charge on any atom is -0.468 e. The molecule has 10 nitrogen and oxygen atoms in total. The molecule has 0 fully saturated rings. The van der Waals surface area contributed by atoms with Crippen molar-refractivity contribution in [1.82, 2.24) is 8.87 Å². The summed E-state index contributed by atoms with van der Waals surface area (Å²) in [6.07, 6.45) is 0. The predicted molar refractivity (Wildman–Crippen MR) is 131 cm³/mol. The lowest BCUT2D eigenvalue weighted by atomic mass is 10.2. The van der Waals surface area contributed by atoms with Crippen molar-refractivity contribution in [3.8, 4) is 0 Å². The van der Waals surface area contributed by atoms with Crippen LogP contribution in [0.1, 0.15) is 10.4 Å². The van der Waals surface area contributed by atoms with E-state index in [-0.39, 0.29) is 53.6 Å². The number of para-hydroxylation sites is 1. The van der Waals surface area contributed by atoms with Crippen molar-refractivity contribution >= 4 is 43.5 Å². The third-order valence-electron chi connectivity index (χ3n) is 5.19. The summed E-state index contributed by atoms with van der Waals surface area (Å²) in [5.74, 6) is -1.88. The van der Waals surface area contributed by atoms with Gasteiger partial charge in [-0.1, -0.05) is 17.4 Å². The lowest BCUT2D eigenvalue weighted by molar-refractivity contribution is -0.141. The summed E-state index contributed by atoms with van der Waals surface area (Å²) in [6.45, 7) is 0.362. The van der Waals surface area contributed by atoms with Crippen LogP contribution in [-0.4, -0.2) is 76.8 Å². The van der Waals surface area contributed by atoms with Gasteiger partial charge in [0, 0.05) is 32.9 Å². The number of aromatic nitrogens is 1. The fourth-order valence-electron chi connectivity index (χ4n) is 3.32. The molecule has 0 aliphatic rings. The largest absolute Gasteiger partial charge is 0.468 e. The molecule has 0 N–H and O–H groups in total. The average Bonchev–Trinajstić information content (AvgIpc) is 3.21. The summed E-state index contributed by atoms with van der Waals surface area (Å²) >= 11 is 1.04. The van der Waals surface area contributed by atoms with E-state index < -0.39 is 27.7 Å². The Morgan fingerprint density at radius 2 is 1.67 bits per heavy atom. The minimum absolute atomic E-state index is 0.00376. The van der Waals surface area contributed by atoms with Crippen LogP contribution in [0.3, 0.4) is 0 Å². The first kappa shape index (κ1) is 27.6. The number of amides is 1. The maximum absolute atomic E-state index is 14.5. The van der Waals surface area contributed by atoms with Crippen LogP contribution in [0.15, 0.2) is 52.4 Å². The number of hydrogen-bond donors (Lipinski definition) is 0. The molecule has 1 heterocycles. The molecule has 36 heavy (non-hydrogen) atoms. The van der Waals surface area contributed by atoms with Crippen LogP contribution in [0.25, 0.3) is 10.2 Å². The number of carbonyl (C=O) groups is 2. The highest BCUT2D eigenvalue weighted by molar-refractivity contribution is 7.89. The number of rotatable bonds is 11. The van der Waals surface area contributed by atoms with Gasteiger partial charge in [-0.2, -0.15) is 9.30 Å². The second-order valence-electron chi connectivity index (χ2n) is 7.46. The number of methoxy groups -OCH3 is 3. The van der Waals surface area contributed by atoms with E-state index in [2.05, 4.69) is 9.73 Å². The Kier molecular flexibility index (Phi) is 9.45. The van der Waals surface area contributed by atoms with Crippen molar-refractivity contribution in [1.29, 1.82) is 0 Å². The SMILES string of the molecule is COCCN(CCOC)S(=O)(=O)c1ccc(C(=O)N=c2sc3cccc(F)c3n2CC(=O)OC)cc1. The number of hydrogen-bond acceptors (Lipinski definition) is 8. The van der Waals surface area contributed by atoms with Crippen LogP contribution in [0, 0.1) is 5.82 Å². The molecule has 0 aliphatic heterocycles. The van der Waals surface area contributed by atoms with Gasteiger partial charge in [-0.15, -0.1) is 0 Å². The molecule has 3 rings (SSSR count). The monoisotopic (exact) mass is 539 g/mol. The first-order chi connectivity index (χ1) is 17.2. The molecule has 0 radical (unpaired) electrons. The maximum Gasteiger partial charge on any atom is 0.325 e. The molecule has 13 heteroatoms. The van der Waals surface area contributed by atoms with Gasteiger partial charge in [0.15, 0.2) is 4.80 Å². The van der Waals surface area contributed by atoms with Crippen LogP contribution in [0.2, 0.25) is 0 Å². The number of nitrogens with zero attached hydrogens (tertiary/aromatic N) is 3. The summed E-state index contributed by atoms with van der Waals surface area (Å²) in [5.41, 5.74) is 0.255. The molecule has 1 aromatic heterocycles. The fraction of sp³-hybridized carbons (Fsp3) is 0.348. The van der Waals surface area contributed by atoms with Crippen molar-refractivity contribution in [2.45, 2.75) is 11.4 Å². The van der Waals surface area contributed by atoms with E-state index in [4.69, 9.17) is 9.47 Å². The van der Waals surface area contributed by atoms with Gasteiger partial charge in [0.05, 0.1) is 35.4 Å². The molecule has 0 saturated heterocycles. The lowest BCUT2D eigenvalue weighted by Crippen LogP contribution is -2.36. The van der Waals surface area contributed by atoms with E-state index in [9.17, 15) is 22.4 Å². The second kappa shape index (κ2) is 12.3. The maximum atomic E-state index is 14.5. The Labute approximate surface area is 211 Å². The number of ether oxygens (including phenoxy) is 3. The van der Waals surface area contributed by atoms with Gasteiger partial charge in [0.25, 0.3) is 5.91 Å². The van der Waals surface area contributed by atoms with Gasteiger partial charge >= 0.3 is 5.97 Å². The molecule has 0 aliphatic carbocycles. The Morgan fingerprint density at radius 3 is 2.25 bits per heavy atom. The standard InChI is InChI=1S/C23H26FN3O7S2/c1-32-13-11-26(12-14-33-2)36(30,31)17-9-7-16(8-10-17)22(29)25-23-27(15-20(28)34-3)21-18(24)5-4-6-19(21)35-23/h4-10H,11-15H2,1-3H3. The van der Waals surface area contributed by atoms with E-state index in [1.165, 1.54) is 66.6 Å². The molecule has 3 aromatic rings. The van der Waals surface area contributed by atoms with Crippen LogP contribution in [-0.2, 0) is 35.6 Å². The fourth-order valence-corrected chi connectivity index (χ4v) is 5.77. The number of halogens is 1. The van der Waals surface area contributed by atoms with Crippen molar-refractivity contribution in [3.05, 3.63) is 58.6 Å². The topological polar surface area (TPSA) is 116 Å². The zero-order chi connectivity index (χ0) is 26.3. The molecular weight excluding hydrogens is 513 g/mol. The molecule has 2 aromatic carbocycles. The number of carbonyl (C=O) groups excluding carboxylic acids is 2. The minimum atomic E-state index is -3.86. The third kappa shape index (κ3) is 6.23. The van der Waals surface area contributed by atoms with Gasteiger partial charge < -0.3 is 18.8 Å². The van der Waals surface area contributed by atoms with E-state index in [0.29, 0.717) is 4.70 Å². The van der Waals surface area contributed by atoms with E-state index >= 15 is 0 Å². The molecular formula is C23H26FN3O7S2. The molecule has 194 valence electrons. The summed E-state index contributed by atoms with van der Waals surface area (Å²) in [7, 11) is 0.304. The van der Waals surface area contributed by atoms with Crippen molar-refractivity contribution in [2.24, 2.45) is 4.99 Å². The van der Waals surface area contributed by atoms with Gasteiger partial charge in [-0.05, 0) is 36.4 Å². The Hall–Kier alpha value is -2.97. The summed E-state index contributed by atoms with van der Waals surface area (Å²) < 4.78 is 58.3. The normalized spacial score (nSPS) is 12.4. The van der Waals surface area contributed by atoms with Crippen LogP contribution in [0.5, 0.6) is 0 Å². The first-order valence-corrected chi connectivity index (χ1v) is 13.0. The number of sulfonamides is 1. The van der Waals surface area contributed by atoms with Gasteiger partial charge in [0.2, 0.25) is 10.0 Å². The van der Waals surface area contributed by atoms with Crippen molar-refractivity contribution in [3.63, 3.8) is 0 Å². The molecule has 0 unspecified atom stereocenters. The first-order valence-electron chi connectivity index (χ1n) is 10.7. The number of benzene rings is 2. The molecule has 0 atom stereocenters. The summed E-state index contributed by atoms with van der Waals surface area (Å²) in [4.78, 5) is 29.0. The number of esters is 1. The summed E-state index contributed by atoms with van der Waals surface area (Å²) in [6, 6.07) is 9.75. The average molecular weight is 540 g/mol. The second-order valence-corrected chi connectivity index (χ2v) is 10.4. The molecule has 1 amide bonds. The Morgan fingerprint density at radius 1 is 1.03 bits per heavy atom. The number of fused-ring (bicyclic) bond motifs is 1. The quantitative estimate of drug-likeness (QED) is 0.342. The van der Waals surface area contributed by atoms with Gasteiger partial charge in [-0.3, -0.25) is 9.59 Å².